The van der Waals surface area contributed by atoms with E-state index in [0.29, 0.717) is 35.9 Å². The topological polar surface area (TPSA) is 77.1 Å². The minimum absolute atomic E-state index is 0.159. The van der Waals surface area contributed by atoms with Crippen molar-refractivity contribution in [2.45, 2.75) is 13.5 Å². The lowest BCUT2D eigenvalue weighted by atomic mass is 10.1. The van der Waals surface area contributed by atoms with Crippen LogP contribution in [-0.2, 0) is 16.1 Å². The second kappa shape index (κ2) is 10.3. The molecule has 2 aromatic rings. The van der Waals surface area contributed by atoms with Gasteiger partial charge in [0.15, 0.2) is 11.5 Å². The minimum Gasteiger partial charge on any atom is -0.493 e. The average Bonchev–Trinajstić information content (AvgIpc) is 2.68. The molecule has 0 aliphatic heterocycles. The Morgan fingerprint density at radius 1 is 1.04 bits per heavy atom. The lowest BCUT2D eigenvalue weighted by Gasteiger charge is -2.19. The molecular weight excluding hydrogens is 360 g/mol. The van der Waals surface area contributed by atoms with Crippen molar-refractivity contribution in [1.29, 1.82) is 0 Å². The predicted molar refractivity (Wildman–Crippen MR) is 107 cm³/mol. The van der Waals surface area contributed by atoms with E-state index in [4.69, 9.17) is 14.2 Å². The van der Waals surface area contributed by atoms with Crippen LogP contribution in [0.4, 0.5) is 5.69 Å². The lowest BCUT2D eigenvalue weighted by molar-refractivity contribution is -0.117. The molecule has 0 fully saturated rings. The number of nitrogens with zero attached hydrogens (tertiary/aromatic N) is 1. The maximum absolute atomic E-state index is 12.3. The highest BCUT2D eigenvalue weighted by atomic mass is 16.5. The molecule has 28 heavy (non-hydrogen) atoms. The molecule has 0 radical (unpaired) electrons. The van der Waals surface area contributed by atoms with Gasteiger partial charge in [0.2, 0.25) is 5.91 Å². The van der Waals surface area contributed by atoms with Gasteiger partial charge in [-0.25, -0.2) is 4.79 Å². The molecule has 0 bridgehead atoms. The number of ether oxygens (including phenoxy) is 3. The summed E-state index contributed by atoms with van der Waals surface area (Å²) in [5.74, 6) is 0.770. The van der Waals surface area contributed by atoms with Crippen molar-refractivity contribution in [3.8, 4) is 11.5 Å². The quantitative estimate of drug-likeness (QED) is 0.668. The highest BCUT2D eigenvalue weighted by molar-refractivity contribution is 5.94. The van der Waals surface area contributed by atoms with Crippen LogP contribution in [0.1, 0.15) is 22.8 Å². The fourth-order valence-electron chi connectivity index (χ4n) is 2.77. The van der Waals surface area contributed by atoms with E-state index in [0.717, 1.165) is 5.56 Å². The summed E-state index contributed by atoms with van der Waals surface area (Å²) in [6, 6.07) is 12.2. The van der Waals surface area contributed by atoms with Crippen LogP contribution in [0.3, 0.4) is 0 Å². The second-order valence-electron chi connectivity index (χ2n) is 6.17. The number of nitrogens with one attached hydrogen (secondary N) is 1. The maximum Gasteiger partial charge on any atom is 0.338 e. The summed E-state index contributed by atoms with van der Waals surface area (Å²) in [6.07, 6.45) is 0. The van der Waals surface area contributed by atoms with Crippen molar-refractivity contribution in [2.24, 2.45) is 0 Å². The van der Waals surface area contributed by atoms with Crippen LogP contribution >= 0.6 is 0 Å². The first-order valence-electron chi connectivity index (χ1n) is 8.94. The van der Waals surface area contributed by atoms with Gasteiger partial charge in [0, 0.05) is 17.8 Å². The Morgan fingerprint density at radius 2 is 1.75 bits per heavy atom. The summed E-state index contributed by atoms with van der Waals surface area (Å²) < 4.78 is 15.7. The summed E-state index contributed by atoms with van der Waals surface area (Å²) in [6.45, 7) is 2.79. The van der Waals surface area contributed by atoms with E-state index in [1.54, 1.807) is 45.4 Å². The summed E-state index contributed by atoms with van der Waals surface area (Å²) >= 11 is 0. The number of hydrogen-bond donors (Lipinski definition) is 1. The Balaban J connectivity index is 1.93. The number of para-hydroxylation sites is 1. The van der Waals surface area contributed by atoms with Gasteiger partial charge in [-0.05, 0) is 44.3 Å². The Kier molecular flexibility index (Phi) is 7.83. The number of anilines is 1. The Labute approximate surface area is 165 Å². The number of carbonyl (C=O) groups is 2. The average molecular weight is 386 g/mol. The van der Waals surface area contributed by atoms with Crippen molar-refractivity contribution in [3.05, 3.63) is 53.6 Å². The minimum atomic E-state index is -0.382. The SMILES string of the molecule is CCOC(=O)c1ccc(NC(=O)CN(C)Cc2cccc(OC)c2OC)cc1. The van der Waals surface area contributed by atoms with Gasteiger partial charge >= 0.3 is 5.97 Å². The van der Waals surface area contributed by atoms with Crippen LogP contribution in [0, 0.1) is 0 Å². The number of esters is 1. The van der Waals surface area contributed by atoms with Crippen molar-refractivity contribution in [2.75, 3.05) is 39.7 Å². The molecule has 0 aliphatic rings. The molecule has 0 atom stereocenters. The summed E-state index contributed by atoms with van der Waals surface area (Å²) in [5, 5.41) is 2.82. The first kappa shape index (κ1) is 21.2. The molecule has 0 saturated heterocycles. The highest BCUT2D eigenvalue weighted by Crippen LogP contribution is 2.31. The second-order valence-corrected chi connectivity index (χ2v) is 6.17. The van der Waals surface area contributed by atoms with Crippen LogP contribution in [0.15, 0.2) is 42.5 Å². The first-order valence-corrected chi connectivity index (χ1v) is 8.94. The number of amides is 1. The summed E-state index contributed by atoms with van der Waals surface area (Å²) in [5.41, 5.74) is 1.99. The van der Waals surface area contributed by atoms with Gasteiger partial charge in [-0.2, -0.15) is 0 Å². The van der Waals surface area contributed by atoms with Gasteiger partial charge in [0.05, 0.1) is 32.9 Å². The molecule has 0 heterocycles. The van der Waals surface area contributed by atoms with Gasteiger partial charge in [-0.15, -0.1) is 0 Å². The summed E-state index contributed by atoms with van der Waals surface area (Å²) in [7, 11) is 5.03. The van der Waals surface area contributed by atoms with E-state index in [-0.39, 0.29) is 18.4 Å². The first-order chi connectivity index (χ1) is 13.5. The molecule has 2 rings (SSSR count). The third kappa shape index (κ3) is 5.72. The third-order valence-corrected chi connectivity index (χ3v) is 4.02. The van der Waals surface area contributed by atoms with E-state index in [9.17, 15) is 9.59 Å². The highest BCUT2D eigenvalue weighted by Gasteiger charge is 2.14. The molecule has 150 valence electrons. The zero-order valence-corrected chi connectivity index (χ0v) is 16.7. The lowest BCUT2D eigenvalue weighted by Crippen LogP contribution is -2.30. The number of hydrogen-bond acceptors (Lipinski definition) is 6. The van der Waals surface area contributed by atoms with Crippen LogP contribution in [-0.4, -0.2) is 51.2 Å². The smallest absolute Gasteiger partial charge is 0.338 e. The van der Waals surface area contributed by atoms with E-state index in [2.05, 4.69) is 5.32 Å². The van der Waals surface area contributed by atoms with Gasteiger partial charge in [0.25, 0.3) is 0 Å². The molecule has 0 aliphatic carbocycles. The number of likely N-dealkylation sites (N-methyl/N-ethyl adjacent to an activating group) is 1. The van der Waals surface area contributed by atoms with Crippen molar-refractivity contribution >= 4 is 17.6 Å². The van der Waals surface area contributed by atoms with Gasteiger partial charge < -0.3 is 19.5 Å². The number of methoxy groups -OCH3 is 2. The maximum atomic E-state index is 12.3. The molecule has 0 spiro atoms. The molecule has 1 amide bonds. The largest absolute Gasteiger partial charge is 0.493 e. The van der Waals surface area contributed by atoms with Crippen LogP contribution < -0.4 is 14.8 Å². The molecule has 0 saturated carbocycles. The number of rotatable bonds is 9. The Morgan fingerprint density at radius 3 is 2.36 bits per heavy atom. The zero-order valence-electron chi connectivity index (χ0n) is 16.7. The van der Waals surface area contributed by atoms with Crippen molar-refractivity contribution in [1.82, 2.24) is 4.90 Å². The molecule has 1 N–H and O–H groups in total. The Bertz CT molecular complexity index is 805. The van der Waals surface area contributed by atoms with E-state index in [1.165, 1.54) is 0 Å². The van der Waals surface area contributed by atoms with Crippen LogP contribution in [0.2, 0.25) is 0 Å². The molecule has 2 aromatic carbocycles. The molecule has 0 aromatic heterocycles. The zero-order chi connectivity index (χ0) is 20.5. The van der Waals surface area contributed by atoms with Gasteiger partial charge in [-0.3, -0.25) is 9.69 Å². The fraction of sp³-hybridized carbons (Fsp3) is 0.333. The van der Waals surface area contributed by atoms with Crippen molar-refractivity contribution in [3.63, 3.8) is 0 Å². The Hall–Kier alpha value is -3.06. The molecule has 7 nitrogen and oxygen atoms in total. The van der Waals surface area contributed by atoms with Gasteiger partial charge in [0.1, 0.15) is 0 Å². The molecular formula is C21H26N2O5. The molecule has 0 unspecified atom stereocenters. The van der Waals surface area contributed by atoms with Crippen LogP contribution in [0.5, 0.6) is 11.5 Å². The van der Waals surface area contributed by atoms with Crippen LogP contribution in [0.25, 0.3) is 0 Å². The third-order valence-electron chi connectivity index (χ3n) is 4.02. The number of benzene rings is 2. The van der Waals surface area contributed by atoms with E-state index in [1.807, 2.05) is 30.1 Å². The fourth-order valence-corrected chi connectivity index (χ4v) is 2.77. The normalized spacial score (nSPS) is 10.5. The predicted octanol–water partition coefficient (Wildman–Crippen LogP) is 2.95. The van der Waals surface area contributed by atoms with E-state index >= 15 is 0 Å². The summed E-state index contributed by atoms with van der Waals surface area (Å²) in [4.78, 5) is 25.8. The molecule has 7 heteroatoms. The van der Waals surface area contributed by atoms with Crippen molar-refractivity contribution < 1.29 is 23.8 Å². The van der Waals surface area contributed by atoms with Gasteiger partial charge in [-0.1, -0.05) is 12.1 Å². The van der Waals surface area contributed by atoms with E-state index < -0.39 is 0 Å². The number of carbonyl (C=O) groups excluding carboxylic acids is 2. The monoisotopic (exact) mass is 386 g/mol. The standard InChI is InChI=1S/C21H26N2O5/c1-5-28-21(25)15-9-11-17(12-10-15)22-19(24)14-23(2)13-16-7-6-8-18(26-3)20(16)27-4/h6-12H,5,13-14H2,1-4H3,(H,22,24).